The van der Waals surface area contributed by atoms with Crippen LogP contribution in [0.4, 0.5) is 0 Å². The standard InChI is InChI=1S/C24H26N4O2S/c1-3-4-15-28-22(21(26-24(28)31)18-11-7-8-14-25-18)20-13-9-16-27(20)19-12-6-5-10-17(19)23(29)30-2/h5-14,16,21-22H,3-4,15H2,1-2H3,(H,26,31). The largest absolute Gasteiger partial charge is 0.465 e. The second kappa shape index (κ2) is 9.31. The summed E-state index contributed by atoms with van der Waals surface area (Å²) in [5, 5.41) is 4.21. The van der Waals surface area contributed by atoms with Crippen molar-refractivity contribution in [1.82, 2.24) is 19.8 Å². The SMILES string of the molecule is CCCCN1C(=S)NC(c2ccccn2)C1c1cccn1-c1ccccc1C(=O)OC. The van der Waals surface area contributed by atoms with E-state index < -0.39 is 0 Å². The molecule has 2 aromatic heterocycles. The van der Waals surface area contributed by atoms with Gasteiger partial charge in [-0.3, -0.25) is 4.98 Å². The molecule has 3 aromatic rings. The molecule has 0 spiro atoms. The Hall–Kier alpha value is -3.19. The third-order valence-electron chi connectivity index (χ3n) is 5.60. The molecule has 1 aromatic carbocycles. The van der Waals surface area contributed by atoms with Gasteiger partial charge in [0.25, 0.3) is 0 Å². The van der Waals surface area contributed by atoms with Crippen molar-refractivity contribution >= 4 is 23.3 Å². The second-order valence-corrected chi connectivity index (χ2v) is 7.87. The first-order valence-corrected chi connectivity index (χ1v) is 10.9. The van der Waals surface area contributed by atoms with Crippen LogP contribution >= 0.6 is 12.2 Å². The van der Waals surface area contributed by atoms with Crippen LogP contribution in [0, 0.1) is 0 Å². The smallest absolute Gasteiger partial charge is 0.339 e. The molecule has 4 rings (SSSR count). The van der Waals surface area contributed by atoms with Gasteiger partial charge in [0.15, 0.2) is 5.11 Å². The fourth-order valence-electron chi connectivity index (χ4n) is 4.12. The Balaban J connectivity index is 1.83. The number of thiocarbonyl (C=S) groups is 1. The number of esters is 1. The van der Waals surface area contributed by atoms with Crippen molar-refractivity contribution < 1.29 is 9.53 Å². The first-order chi connectivity index (χ1) is 15.2. The van der Waals surface area contributed by atoms with Crippen LogP contribution in [0.1, 0.15) is 53.6 Å². The second-order valence-electron chi connectivity index (χ2n) is 7.49. The predicted octanol–water partition coefficient (Wildman–Crippen LogP) is 4.43. The Morgan fingerprint density at radius 1 is 1.16 bits per heavy atom. The highest BCUT2D eigenvalue weighted by Crippen LogP contribution is 2.40. The summed E-state index contributed by atoms with van der Waals surface area (Å²) in [6.07, 6.45) is 5.89. The van der Waals surface area contributed by atoms with Crippen molar-refractivity contribution in [3.8, 4) is 5.69 Å². The van der Waals surface area contributed by atoms with Gasteiger partial charge in [0.2, 0.25) is 0 Å². The lowest BCUT2D eigenvalue weighted by Crippen LogP contribution is -2.31. The number of aromatic nitrogens is 2. The molecule has 3 heterocycles. The highest BCUT2D eigenvalue weighted by Gasteiger charge is 2.41. The summed E-state index contributed by atoms with van der Waals surface area (Å²) in [5.41, 5.74) is 3.27. The first-order valence-electron chi connectivity index (χ1n) is 10.5. The molecule has 2 unspecified atom stereocenters. The van der Waals surface area contributed by atoms with Gasteiger partial charge in [-0.2, -0.15) is 0 Å². The lowest BCUT2D eigenvalue weighted by molar-refractivity contribution is 0.0600. The van der Waals surface area contributed by atoms with Crippen LogP contribution < -0.4 is 5.32 Å². The number of nitrogens with zero attached hydrogens (tertiary/aromatic N) is 3. The monoisotopic (exact) mass is 434 g/mol. The minimum absolute atomic E-state index is 0.0605. The number of hydrogen-bond acceptors (Lipinski definition) is 4. The number of rotatable bonds is 7. The molecular formula is C24H26N4O2S. The normalized spacial score (nSPS) is 18.1. The van der Waals surface area contributed by atoms with Gasteiger partial charge >= 0.3 is 5.97 Å². The van der Waals surface area contributed by atoms with Crippen LogP contribution in [-0.2, 0) is 4.74 Å². The van der Waals surface area contributed by atoms with Crippen LogP contribution in [0.25, 0.3) is 5.69 Å². The third-order valence-corrected chi connectivity index (χ3v) is 5.95. The lowest BCUT2D eigenvalue weighted by atomic mass is 10.0. The number of unbranched alkanes of at least 4 members (excludes halogenated alkanes) is 1. The summed E-state index contributed by atoms with van der Waals surface area (Å²) in [6, 6.07) is 17.3. The molecule has 31 heavy (non-hydrogen) atoms. The van der Waals surface area contributed by atoms with Crippen LogP contribution in [0.15, 0.2) is 67.0 Å². The summed E-state index contributed by atoms with van der Waals surface area (Å²) in [4.78, 5) is 19.3. The Bertz CT molecular complexity index is 1070. The van der Waals surface area contributed by atoms with Crippen LogP contribution in [0.3, 0.4) is 0 Å². The number of methoxy groups -OCH3 is 1. The van der Waals surface area contributed by atoms with E-state index in [2.05, 4.69) is 32.8 Å². The van der Waals surface area contributed by atoms with Crippen molar-refractivity contribution in [2.45, 2.75) is 31.8 Å². The molecule has 1 aliphatic heterocycles. The van der Waals surface area contributed by atoms with Crippen molar-refractivity contribution in [1.29, 1.82) is 0 Å². The van der Waals surface area contributed by atoms with Crippen molar-refractivity contribution in [3.63, 3.8) is 0 Å². The van der Waals surface area contributed by atoms with Crippen LogP contribution in [0.2, 0.25) is 0 Å². The van der Waals surface area contributed by atoms with Crippen LogP contribution in [0.5, 0.6) is 0 Å². The molecule has 1 fully saturated rings. The molecular weight excluding hydrogens is 408 g/mol. The molecule has 1 N–H and O–H groups in total. The third kappa shape index (κ3) is 4.05. The molecule has 160 valence electrons. The Labute approximate surface area is 187 Å². The fraction of sp³-hybridized carbons (Fsp3) is 0.292. The highest BCUT2D eigenvalue weighted by atomic mass is 32.1. The summed E-state index contributed by atoms with van der Waals surface area (Å²) in [6.45, 7) is 3.02. The maximum Gasteiger partial charge on any atom is 0.339 e. The van der Waals surface area contributed by atoms with Gasteiger partial charge in [-0.15, -0.1) is 0 Å². The Morgan fingerprint density at radius 3 is 2.71 bits per heavy atom. The number of hydrogen-bond donors (Lipinski definition) is 1. The molecule has 0 bridgehead atoms. The average Bonchev–Trinajstić information content (AvgIpc) is 3.41. The first kappa shape index (κ1) is 21.1. The van der Waals surface area contributed by atoms with E-state index in [-0.39, 0.29) is 18.1 Å². The number of benzene rings is 1. The van der Waals surface area contributed by atoms with Gasteiger partial charge in [-0.05, 0) is 55.0 Å². The molecule has 1 aliphatic rings. The van der Waals surface area contributed by atoms with E-state index in [1.165, 1.54) is 7.11 Å². The quantitative estimate of drug-likeness (QED) is 0.438. The minimum Gasteiger partial charge on any atom is -0.465 e. The van der Waals surface area contributed by atoms with Crippen molar-refractivity contribution in [3.05, 3.63) is 83.9 Å². The number of para-hydroxylation sites is 1. The van der Waals surface area contributed by atoms with Gasteiger partial charge in [0, 0.05) is 24.6 Å². The van der Waals surface area contributed by atoms with Gasteiger partial charge in [0.05, 0.1) is 36.1 Å². The summed E-state index contributed by atoms with van der Waals surface area (Å²) < 4.78 is 7.07. The topological polar surface area (TPSA) is 59.4 Å². The zero-order valence-electron chi connectivity index (χ0n) is 17.7. The van der Waals surface area contributed by atoms with Gasteiger partial charge in [-0.1, -0.05) is 31.5 Å². The number of nitrogens with one attached hydrogen (secondary N) is 1. The number of ether oxygens (including phenoxy) is 1. The summed E-state index contributed by atoms with van der Waals surface area (Å²) in [5.74, 6) is -0.362. The van der Waals surface area contributed by atoms with Crippen molar-refractivity contribution in [2.24, 2.45) is 0 Å². The van der Waals surface area contributed by atoms with Gasteiger partial charge in [-0.25, -0.2) is 4.79 Å². The Morgan fingerprint density at radius 2 is 1.97 bits per heavy atom. The maximum absolute atomic E-state index is 12.4. The molecule has 0 amide bonds. The molecule has 0 saturated carbocycles. The average molecular weight is 435 g/mol. The molecule has 0 radical (unpaired) electrons. The predicted molar refractivity (Wildman–Crippen MR) is 124 cm³/mol. The zero-order valence-corrected chi connectivity index (χ0v) is 18.5. The molecule has 6 nitrogen and oxygen atoms in total. The highest BCUT2D eigenvalue weighted by molar-refractivity contribution is 7.80. The van der Waals surface area contributed by atoms with Gasteiger partial charge < -0.3 is 19.5 Å². The number of carbonyl (C=O) groups excluding carboxylic acids is 1. The zero-order chi connectivity index (χ0) is 21.8. The van der Waals surface area contributed by atoms with E-state index in [1.807, 2.05) is 48.7 Å². The van der Waals surface area contributed by atoms with Gasteiger partial charge in [0.1, 0.15) is 0 Å². The van der Waals surface area contributed by atoms with E-state index in [4.69, 9.17) is 17.0 Å². The Kier molecular flexibility index (Phi) is 6.32. The van der Waals surface area contributed by atoms with Crippen LogP contribution in [-0.4, -0.2) is 39.2 Å². The summed E-state index contributed by atoms with van der Waals surface area (Å²) >= 11 is 5.73. The number of pyridine rings is 1. The minimum atomic E-state index is -0.362. The van der Waals surface area contributed by atoms with E-state index in [0.29, 0.717) is 5.56 Å². The van der Waals surface area contributed by atoms with E-state index in [1.54, 1.807) is 12.3 Å². The molecule has 1 saturated heterocycles. The van der Waals surface area contributed by atoms with E-state index in [9.17, 15) is 4.79 Å². The summed E-state index contributed by atoms with van der Waals surface area (Å²) in [7, 11) is 1.40. The molecule has 2 atom stereocenters. The van der Waals surface area contributed by atoms with E-state index in [0.717, 1.165) is 41.6 Å². The molecule has 7 heteroatoms. The van der Waals surface area contributed by atoms with Crippen molar-refractivity contribution in [2.75, 3.05) is 13.7 Å². The fourth-order valence-corrected chi connectivity index (χ4v) is 4.45. The van der Waals surface area contributed by atoms with E-state index >= 15 is 0 Å². The maximum atomic E-state index is 12.4. The lowest BCUT2D eigenvalue weighted by Gasteiger charge is -2.29. The molecule has 0 aliphatic carbocycles. The number of carbonyl (C=O) groups is 1.